The molecule has 2 rings (SSSR count). The van der Waals surface area contributed by atoms with Gasteiger partial charge in [-0.1, -0.05) is 6.07 Å². The van der Waals surface area contributed by atoms with E-state index in [1.165, 1.54) is 31.5 Å². The first-order valence-electron chi connectivity index (χ1n) is 8.62. The van der Waals surface area contributed by atoms with Crippen LogP contribution in [0.2, 0.25) is 0 Å². The lowest BCUT2D eigenvalue weighted by atomic mass is 9.99. The van der Waals surface area contributed by atoms with Crippen molar-refractivity contribution in [2.75, 3.05) is 40.3 Å². The molecule has 1 heterocycles. The molecule has 0 spiro atoms. The van der Waals surface area contributed by atoms with Crippen LogP contribution in [0.15, 0.2) is 29.3 Å². The van der Waals surface area contributed by atoms with Gasteiger partial charge in [0.25, 0.3) is 0 Å². The maximum atomic E-state index is 13.2. The van der Waals surface area contributed by atoms with Gasteiger partial charge in [0.05, 0.1) is 6.54 Å². The lowest BCUT2D eigenvalue weighted by Crippen LogP contribution is -2.45. The van der Waals surface area contributed by atoms with Crippen LogP contribution in [0.3, 0.4) is 0 Å². The summed E-state index contributed by atoms with van der Waals surface area (Å²) >= 11 is 0. The summed E-state index contributed by atoms with van der Waals surface area (Å²) in [5.74, 6) is 1.68. The topological polar surface area (TPSA) is 48.9 Å². The zero-order valence-electron chi connectivity index (χ0n) is 15.3. The molecule has 1 saturated heterocycles. The second kappa shape index (κ2) is 11.5. The maximum Gasteiger partial charge on any atom is 0.191 e. The van der Waals surface area contributed by atoms with Gasteiger partial charge in [0.15, 0.2) is 5.96 Å². The van der Waals surface area contributed by atoms with Gasteiger partial charge < -0.3 is 20.3 Å². The number of hydrogen-bond acceptors (Lipinski definition) is 3. The van der Waals surface area contributed by atoms with Crippen LogP contribution in [0.5, 0.6) is 5.75 Å². The van der Waals surface area contributed by atoms with Crippen molar-refractivity contribution >= 4 is 29.9 Å². The molecule has 1 aliphatic rings. The van der Waals surface area contributed by atoms with E-state index < -0.39 is 0 Å². The highest BCUT2D eigenvalue weighted by Crippen LogP contribution is 2.14. The summed E-state index contributed by atoms with van der Waals surface area (Å²) in [4.78, 5) is 6.63. The van der Waals surface area contributed by atoms with Crippen molar-refractivity contribution < 1.29 is 9.13 Å². The Kier molecular flexibility index (Phi) is 10.1. The number of nitrogens with zero attached hydrogens (tertiary/aromatic N) is 2. The normalized spacial score (nSPS) is 19.7. The lowest BCUT2D eigenvalue weighted by molar-refractivity contribution is 0.209. The number of piperidine rings is 1. The molecule has 1 aliphatic heterocycles. The molecule has 0 amide bonds. The van der Waals surface area contributed by atoms with E-state index >= 15 is 0 Å². The molecule has 2 atom stereocenters. The summed E-state index contributed by atoms with van der Waals surface area (Å²) in [6.45, 7) is 5.78. The zero-order chi connectivity index (χ0) is 17.4. The Morgan fingerprint density at radius 2 is 2.24 bits per heavy atom. The molecular formula is C18H30FIN4O. The molecule has 0 aliphatic carbocycles. The van der Waals surface area contributed by atoms with E-state index in [1.807, 2.05) is 6.92 Å². The van der Waals surface area contributed by atoms with Gasteiger partial charge in [-0.2, -0.15) is 0 Å². The average Bonchev–Trinajstić information content (AvgIpc) is 2.55. The second-order valence-corrected chi connectivity index (χ2v) is 6.49. The fourth-order valence-corrected chi connectivity index (χ4v) is 2.96. The Hall–Kier alpha value is -1.09. The number of aliphatic imine (C=N–C) groups is 1. The van der Waals surface area contributed by atoms with E-state index in [-0.39, 0.29) is 35.9 Å². The van der Waals surface area contributed by atoms with Crippen molar-refractivity contribution in [2.45, 2.75) is 25.9 Å². The number of benzene rings is 1. The summed E-state index contributed by atoms with van der Waals surface area (Å²) in [6.07, 6.45) is 2.42. The SMILES string of the molecule is CN=C(NCC1CCCN(C)C1)NCC(C)Oc1cccc(F)c1.I. The Morgan fingerprint density at radius 3 is 2.92 bits per heavy atom. The average molecular weight is 464 g/mol. The van der Waals surface area contributed by atoms with Gasteiger partial charge in [0.2, 0.25) is 0 Å². The van der Waals surface area contributed by atoms with Crippen molar-refractivity contribution in [2.24, 2.45) is 10.9 Å². The third kappa shape index (κ3) is 8.22. The van der Waals surface area contributed by atoms with Crippen molar-refractivity contribution in [3.8, 4) is 5.75 Å². The van der Waals surface area contributed by atoms with Gasteiger partial charge in [-0.25, -0.2) is 4.39 Å². The Morgan fingerprint density at radius 1 is 1.44 bits per heavy atom. The van der Waals surface area contributed by atoms with Crippen LogP contribution in [0.1, 0.15) is 19.8 Å². The standard InChI is InChI=1S/C18H29FN4O.HI/c1-14(24-17-8-4-7-16(19)10-17)11-21-18(20-2)22-12-15-6-5-9-23(3)13-15;/h4,7-8,10,14-15H,5-6,9,11-13H2,1-3H3,(H2,20,21,22);1H. The first-order valence-corrected chi connectivity index (χ1v) is 8.62. The third-order valence-corrected chi connectivity index (χ3v) is 4.19. The van der Waals surface area contributed by atoms with E-state index in [0.29, 0.717) is 18.2 Å². The summed E-state index contributed by atoms with van der Waals surface area (Å²) in [5.41, 5.74) is 0. The first-order chi connectivity index (χ1) is 11.6. The zero-order valence-corrected chi connectivity index (χ0v) is 17.6. The van der Waals surface area contributed by atoms with E-state index in [2.05, 4.69) is 27.6 Å². The highest BCUT2D eigenvalue weighted by Gasteiger charge is 2.17. The molecule has 0 radical (unpaired) electrons. The number of nitrogens with one attached hydrogen (secondary N) is 2. The van der Waals surface area contributed by atoms with Gasteiger partial charge in [0.1, 0.15) is 17.7 Å². The van der Waals surface area contributed by atoms with E-state index in [9.17, 15) is 4.39 Å². The summed E-state index contributed by atoms with van der Waals surface area (Å²) in [6, 6.07) is 6.20. The largest absolute Gasteiger partial charge is 0.489 e. The van der Waals surface area contributed by atoms with Gasteiger partial charge in [-0.05, 0) is 51.4 Å². The Bertz CT molecular complexity index is 544. The molecule has 142 valence electrons. The number of likely N-dealkylation sites (tertiary alicyclic amines) is 1. The third-order valence-electron chi connectivity index (χ3n) is 4.19. The van der Waals surface area contributed by atoms with Crippen LogP contribution in [0, 0.1) is 11.7 Å². The van der Waals surface area contributed by atoms with Crippen LogP contribution in [-0.2, 0) is 0 Å². The molecule has 0 bridgehead atoms. The van der Waals surface area contributed by atoms with Crippen LogP contribution in [0.25, 0.3) is 0 Å². The molecule has 5 nitrogen and oxygen atoms in total. The Balaban J connectivity index is 0.00000312. The number of rotatable bonds is 6. The fourth-order valence-electron chi connectivity index (χ4n) is 2.96. The maximum absolute atomic E-state index is 13.2. The molecule has 2 N–H and O–H groups in total. The van der Waals surface area contributed by atoms with Crippen molar-refractivity contribution in [1.82, 2.24) is 15.5 Å². The molecule has 1 aromatic rings. The molecule has 1 fully saturated rings. The molecule has 7 heteroatoms. The predicted molar refractivity (Wildman–Crippen MR) is 111 cm³/mol. The summed E-state index contributed by atoms with van der Waals surface area (Å²) in [5, 5.41) is 6.65. The Labute approximate surface area is 167 Å². The minimum atomic E-state index is -0.289. The van der Waals surface area contributed by atoms with E-state index in [0.717, 1.165) is 19.0 Å². The molecule has 2 unspecified atom stereocenters. The monoisotopic (exact) mass is 464 g/mol. The molecule has 0 aromatic heterocycles. The van der Waals surface area contributed by atoms with E-state index in [4.69, 9.17) is 4.74 Å². The smallest absolute Gasteiger partial charge is 0.191 e. The van der Waals surface area contributed by atoms with E-state index in [1.54, 1.807) is 19.2 Å². The van der Waals surface area contributed by atoms with Gasteiger partial charge in [-0.3, -0.25) is 4.99 Å². The quantitative estimate of drug-likeness (QED) is 0.386. The number of halogens is 2. The second-order valence-electron chi connectivity index (χ2n) is 6.49. The highest BCUT2D eigenvalue weighted by molar-refractivity contribution is 14.0. The van der Waals surface area contributed by atoms with Crippen LogP contribution >= 0.6 is 24.0 Å². The minimum Gasteiger partial charge on any atom is -0.489 e. The van der Waals surface area contributed by atoms with Crippen LogP contribution in [-0.4, -0.2) is 57.2 Å². The van der Waals surface area contributed by atoms with Crippen LogP contribution < -0.4 is 15.4 Å². The number of ether oxygens (including phenoxy) is 1. The molecule has 0 saturated carbocycles. The molecule has 1 aromatic carbocycles. The number of guanidine groups is 1. The van der Waals surface area contributed by atoms with Crippen molar-refractivity contribution in [1.29, 1.82) is 0 Å². The van der Waals surface area contributed by atoms with Crippen LogP contribution in [0.4, 0.5) is 4.39 Å². The highest BCUT2D eigenvalue weighted by atomic mass is 127. The van der Waals surface area contributed by atoms with Gasteiger partial charge >= 0.3 is 0 Å². The van der Waals surface area contributed by atoms with Crippen molar-refractivity contribution in [3.05, 3.63) is 30.1 Å². The van der Waals surface area contributed by atoms with Crippen molar-refractivity contribution in [3.63, 3.8) is 0 Å². The molecule has 25 heavy (non-hydrogen) atoms. The predicted octanol–water partition coefficient (Wildman–Crippen LogP) is 2.72. The summed E-state index contributed by atoms with van der Waals surface area (Å²) in [7, 11) is 3.94. The fraction of sp³-hybridized carbons (Fsp3) is 0.611. The first kappa shape index (κ1) is 22.0. The minimum absolute atomic E-state index is 0. The van der Waals surface area contributed by atoms with Gasteiger partial charge in [-0.15, -0.1) is 24.0 Å². The molecular weight excluding hydrogens is 434 g/mol. The number of hydrogen-bond donors (Lipinski definition) is 2. The van der Waals surface area contributed by atoms with Gasteiger partial charge in [0, 0.05) is 26.2 Å². The summed E-state index contributed by atoms with van der Waals surface area (Å²) < 4.78 is 18.9. The lowest BCUT2D eigenvalue weighted by Gasteiger charge is -2.30.